The number of piperazine rings is 1. The van der Waals surface area contributed by atoms with E-state index in [-0.39, 0.29) is 11.8 Å². The third kappa shape index (κ3) is 3.73. The summed E-state index contributed by atoms with van der Waals surface area (Å²) in [4.78, 5) is 32.9. The molecule has 4 rings (SSSR count). The van der Waals surface area contributed by atoms with Crippen LogP contribution in [-0.4, -0.2) is 53.0 Å². The van der Waals surface area contributed by atoms with Crippen LogP contribution in [0.1, 0.15) is 26.7 Å². The number of aromatic nitrogens is 2. The fraction of sp³-hybridized carbons (Fsp3) is 0.263. The number of pyridine rings is 1. The second kappa shape index (κ2) is 7.55. The van der Waals surface area contributed by atoms with Crippen molar-refractivity contribution in [3.63, 3.8) is 0 Å². The number of carbonyl (C=O) groups is 2. The number of hydrogen-bond donors (Lipinski definition) is 1. The molecule has 2 amide bonds. The predicted molar refractivity (Wildman–Crippen MR) is 100 cm³/mol. The van der Waals surface area contributed by atoms with Crippen LogP contribution in [0.25, 0.3) is 0 Å². The molecule has 1 saturated heterocycles. The standard InChI is InChI=1S/C19H19N5O4/c1-13-11-16(22-28-13)21-18(25)14-4-5-20-17(12-14)23-6-8-24(9-7-23)19(26)15-3-2-10-27-15/h2-5,10-12H,6-9H2,1H3,(H,21,22,25). The van der Waals surface area contributed by atoms with Gasteiger partial charge in [-0.25, -0.2) is 4.98 Å². The van der Waals surface area contributed by atoms with E-state index in [1.807, 2.05) is 4.90 Å². The Morgan fingerprint density at radius 1 is 1.14 bits per heavy atom. The topological polar surface area (TPSA) is 105 Å². The van der Waals surface area contributed by atoms with Gasteiger partial charge in [0.25, 0.3) is 11.8 Å². The normalized spacial score (nSPS) is 14.2. The monoisotopic (exact) mass is 381 g/mol. The molecule has 0 saturated carbocycles. The molecule has 0 radical (unpaired) electrons. The number of nitrogens with one attached hydrogen (secondary N) is 1. The predicted octanol–water partition coefficient (Wildman–Crippen LogP) is 2.19. The lowest BCUT2D eigenvalue weighted by Gasteiger charge is -2.35. The first-order chi connectivity index (χ1) is 13.6. The van der Waals surface area contributed by atoms with Gasteiger partial charge >= 0.3 is 0 Å². The molecule has 1 fully saturated rings. The molecule has 144 valence electrons. The Labute approximate surface area is 160 Å². The molecule has 9 heteroatoms. The van der Waals surface area contributed by atoms with Gasteiger partial charge in [0.1, 0.15) is 11.6 Å². The van der Waals surface area contributed by atoms with Gasteiger partial charge in [-0.05, 0) is 31.2 Å². The number of aryl methyl sites for hydroxylation is 1. The van der Waals surface area contributed by atoms with E-state index >= 15 is 0 Å². The molecule has 9 nitrogen and oxygen atoms in total. The lowest BCUT2D eigenvalue weighted by atomic mass is 10.2. The van der Waals surface area contributed by atoms with Crippen molar-refractivity contribution in [1.29, 1.82) is 0 Å². The summed E-state index contributed by atoms with van der Waals surface area (Å²) >= 11 is 0. The molecule has 4 heterocycles. The first kappa shape index (κ1) is 17.8. The van der Waals surface area contributed by atoms with Crippen LogP contribution in [0, 0.1) is 6.92 Å². The van der Waals surface area contributed by atoms with Crippen LogP contribution in [-0.2, 0) is 0 Å². The van der Waals surface area contributed by atoms with Crippen LogP contribution in [0.4, 0.5) is 11.6 Å². The highest BCUT2D eigenvalue weighted by molar-refractivity contribution is 6.04. The van der Waals surface area contributed by atoms with Gasteiger partial charge in [-0.3, -0.25) is 9.59 Å². The Kier molecular flexibility index (Phi) is 4.79. The van der Waals surface area contributed by atoms with Crippen LogP contribution in [0.3, 0.4) is 0 Å². The van der Waals surface area contributed by atoms with Gasteiger partial charge in [-0.15, -0.1) is 0 Å². The first-order valence-corrected chi connectivity index (χ1v) is 8.88. The zero-order valence-corrected chi connectivity index (χ0v) is 15.3. The Balaban J connectivity index is 1.39. The molecule has 0 spiro atoms. The van der Waals surface area contributed by atoms with Gasteiger partial charge < -0.3 is 24.1 Å². The summed E-state index contributed by atoms with van der Waals surface area (Å²) in [6, 6.07) is 8.38. The smallest absolute Gasteiger partial charge is 0.289 e. The third-order valence-electron chi connectivity index (χ3n) is 4.50. The fourth-order valence-electron chi connectivity index (χ4n) is 3.04. The van der Waals surface area contributed by atoms with Crippen LogP contribution < -0.4 is 10.2 Å². The SMILES string of the molecule is Cc1cc(NC(=O)c2ccnc(N3CCN(C(=O)c4ccco4)CC3)c2)no1. The lowest BCUT2D eigenvalue weighted by Crippen LogP contribution is -2.49. The number of hydrogen-bond acceptors (Lipinski definition) is 7. The van der Waals surface area contributed by atoms with Crippen LogP contribution in [0.5, 0.6) is 0 Å². The number of amides is 2. The number of nitrogens with zero attached hydrogens (tertiary/aromatic N) is 4. The zero-order valence-electron chi connectivity index (χ0n) is 15.3. The number of carbonyl (C=O) groups excluding carboxylic acids is 2. The maximum absolute atomic E-state index is 12.4. The number of furan rings is 1. The molecular weight excluding hydrogens is 362 g/mol. The molecule has 3 aromatic rings. The minimum atomic E-state index is -0.288. The Bertz CT molecular complexity index is 974. The van der Waals surface area contributed by atoms with Crippen LogP contribution >= 0.6 is 0 Å². The van der Waals surface area contributed by atoms with Crippen LogP contribution in [0.2, 0.25) is 0 Å². The van der Waals surface area contributed by atoms with Gasteiger partial charge in [0.2, 0.25) is 0 Å². The second-order valence-corrected chi connectivity index (χ2v) is 6.44. The van der Waals surface area contributed by atoms with Gasteiger partial charge in [0, 0.05) is 44.0 Å². The maximum atomic E-state index is 12.4. The average Bonchev–Trinajstić information content (AvgIpc) is 3.40. The molecule has 28 heavy (non-hydrogen) atoms. The maximum Gasteiger partial charge on any atom is 0.289 e. The second-order valence-electron chi connectivity index (χ2n) is 6.44. The van der Waals surface area contributed by atoms with E-state index in [4.69, 9.17) is 8.94 Å². The molecule has 1 aliphatic rings. The van der Waals surface area contributed by atoms with Gasteiger partial charge in [0.15, 0.2) is 11.6 Å². The first-order valence-electron chi connectivity index (χ1n) is 8.88. The minimum absolute atomic E-state index is 0.117. The van der Waals surface area contributed by atoms with Crippen molar-refractivity contribution < 1.29 is 18.5 Å². The molecule has 0 aromatic carbocycles. The zero-order chi connectivity index (χ0) is 19.5. The Hall–Kier alpha value is -3.62. The van der Waals surface area contributed by atoms with E-state index in [9.17, 15) is 9.59 Å². The van der Waals surface area contributed by atoms with Crippen LogP contribution in [0.15, 0.2) is 51.7 Å². The Morgan fingerprint density at radius 2 is 1.96 bits per heavy atom. The molecule has 0 unspecified atom stereocenters. The van der Waals surface area contributed by atoms with Gasteiger partial charge in [-0.2, -0.15) is 0 Å². The van der Waals surface area contributed by atoms with E-state index in [0.29, 0.717) is 54.9 Å². The van der Waals surface area contributed by atoms with Crippen molar-refractivity contribution in [3.05, 3.63) is 59.9 Å². The molecule has 1 aliphatic heterocycles. The molecular formula is C19H19N5O4. The number of anilines is 2. The van der Waals surface area contributed by atoms with Crippen molar-refractivity contribution in [2.24, 2.45) is 0 Å². The molecule has 0 bridgehead atoms. The summed E-state index contributed by atoms with van der Waals surface area (Å²) in [6.07, 6.45) is 3.09. The molecule has 0 atom stereocenters. The highest BCUT2D eigenvalue weighted by atomic mass is 16.5. The van der Waals surface area contributed by atoms with E-state index in [1.54, 1.807) is 48.4 Å². The third-order valence-corrected chi connectivity index (χ3v) is 4.50. The summed E-state index contributed by atoms with van der Waals surface area (Å²) in [5.74, 6) is 1.61. The van der Waals surface area contributed by atoms with Crippen molar-refractivity contribution in [1.82, 2.24) is 15.0 Å². The quantitative estimate of drug-likeness (QED) is 0.738. The van der Waals surface area contributed by atoms with Crippen molar-refractivity contribution in [2.75, 3.05) is 36.4 Å². The van der Waals surface area contributed by atoms with Crippen molar-refractivity contribution >= 4 is 23.5 Å². The summed E-state index contributed by atoms with van der Waals surface area (Å²) in [5, 5.41) is 6.45. The summed E-state index contributed by atoms with van der Waals surface area (Å²) in [6.45, 7) is 4.09. The largest absolute Gasteiger partial charge is 0.459 e. The Morgan fingerprint density at radius 3 is 2.64 bits per heavy atom. The van der Waals surface area contributed by atoms with Gasteiger partial charge in [-0.1, -0.05) is 5.16 Å². The highest BCUT2D eigenvalue weighted by Crippen LogP contribution is 2.18. The van der Waals surface area contributed by atoms with E-state index in [1.165, 1.54) is 6.26 Å². The van der Waals surface area contributed by atoms with E-state index in [0.717, 1.165) is 0 Å². The average molecular weight is 381 g/mol. The van der Waals surface area contributed by atoms with Gasteiger partial charge in [0.05, 0.1) is 6.26 Å². The van der Waals surface area contributed by atoms with E-state index < -0.39 is 0 Å². The lowest BCUT2D eigenvalue weighted by molar-refractivity contribution is 0.0714. The fourth-order valence-corrected chi connectivity index (χ4v) is 3.04. The minimum Gasteiger partial charge on any atom is -0.459 e. The molecule has 3 aromatic heterocycles. The molecule has 1 N–H and O–H groups in total. The summed E-state index contributed by atoms with van der Waals surface area (Å²) in [7, 11) is 0. The highest BCUT2D eigenvalue weighted by Gasteiger charge is 2.24. The van der Waals surface area contributed by atoms with E-state index in [2.05, 4.69) is 15.5 Å². The van der Waals surface area contributed by atoms with Crippen molar-refractivity contribution in [3.8, 4) is 0 Å². The molecule has 0 aliphatic carbocycles. The summed E-state index contributed by atoms with van der Waals surface area (Å²) < 4.78 is 10.1. The number of rotatable bonds is 4. The summed E-state index contributed by atoms with van der Waals surface area (Å²) in [5.41, 5.74) is 0.472. The van der Waals surface area contributed by atoms with Crippen molar-refractivity contribution in [2.45, 2.75) is 6.92 Å².